The number of hydrogen-bond acceptors (Lipinski definition) is 7. The number of primary amides is 1. The number of morpholine rings is 1. The molecule has 1 saturated heterocycles. The molecule has 4 rings (SSSR count). The van der Waals surface area contributed by atoms with E-state index in [1.165, 1.54) is 16.7 Å². The van der Waals surface area contributed by atoms with Crippen molar-refractivity contribution in [3.63, 3.8) is 0 Å². The van der Waals surface area contributed by atoms with Gasteiger partial charge >= 0.3 is 0 Å². The highest BCUT2D eigenvalue weighted by Crippen LogP contribution is 2.26. The van der Waals surface area contributed by atoms with Crippen LogP contribution in [0, 0.1) is 5.92 Å². The second-order valence-electron chi connectivity index (χ2n) is 8.89. The van der Waals surface area contributed by atoms with Crippen LogP contribution < -0.4 is 16.6 Å². The minimum Gasteiger partial charge on any atom is -0.494 e. The van der Waals surface area contributed by atoms with Crippen LogP contribution in [0.25, 0.3) is 11.7 Å². The van der Waals surface area contributed by atoms with Crippen LogP contribution in [0.15, 0.2) is 10.9 Å². The molecule has 182 valence electrons. The van der Waals surface area contributed by atoms with Gasteiger partial charge in [0.25, 0.3) is 17.4 Å². The lowest BCUT2D eigenvalue weighted by Gasteiger charge is -2.25. The number of aromatic nitrogens is 3. The van der Waals surface area contributed by atoms with Crippen molar-refractivity contribution in [2.75, 3.05) is 26.3 Å². The topological polar surface area (TPSA) is 161 Å². The van der Waals surface area contributed by atoms with Gasteiger partial charge in [-0.3, -0.25) is 23.7 Å². The van der Waals surface area contributed by atoms with Crippen LogP contribution in [-0.2, 0) is 16.1 Å². The number of nitrogens with one attached hydrogen (secondary N) is 1. The van der Waals surface area contributed by atoms with Gasteiger partial charge in [-0.2, -0.15) is 9.61 Å². The van der Waals surface area contributed by atoms with E-state index < -0.39 is 28.8 Å². The van der Waals surface area contributed by atoms with E-state index in [2.05, 4.69) is 10.4 Å². The zero-order valence-corrected chi connectivity index (χ0v) is 19.1. The fourth-order valence-electron chi connectivity index (χ4n) is 3.86. The van der Waals surface area contributed by atoms with Crippen LogP contribution >= 0.6 is 0 Å². The van der Waals surface area contributed by atoms with E-state index >= 15 is 0 Å². The average Bonchev–Trinajstić information content (AvgIpc) is 3.52. The lowest BCUT2D eigenvalue weighted by atomic mass is 10.1. The predicted molar refractivity (Wildman–Crippen MR) is 121 cm³/mol. The van der Waals surface area contributed by atoms with E-state index in [0.29, 0.717) is 26.3 Å². The molecule has 0 bridgehead atoms. The van der Waals surface area contributed by atoms with Crippen molar-refractivity contribution >= 4 is 29.4 Å². The summed E-state index contributed by atoms with van der Waals surface area (Å²) in [7, 11) is 0. The quantitative estimate of drug-likeness (QED) is 0.467. The van der Waals surface area contributed by atoms with Crippen molar-refractivity contribution in [1.82, 2.24) is 24.4 Å². The van der Waals surface area contributed by atoms with Crippen LogP contribution in [-0.4, -0.2) is 74.3 Å². The van der Waals surface area contributed by atoms with Gasteiger partial charge in [0.05, 0.1) is 18.8 Å². The van der Waals surface area contributed by atoms with Crippen LogP contribution in [0.2, 0.25) is 0 Å². The van der Waals surface area contributed by atoms with Gasteiger partial charge in [-0.05, 0) is 24.8 Å². The van der Waals surface area contributed by atoms with Gasteiger partial charge in [0.2, 0.25) is 11.8 Å². The van der Waals surface area contributed by atoms with E-state index in [1.54, 1.807) is 4.90 Å². The molecule has 0 radical (unpaired) electrons. The van der Waals surface area contributed by atoms with Gasteiger partial charge in [-0.1, -0.05) is 13.8 Å². The van der Waals surface area contributed by atoms with Gasteiger partial charge in [0, 0.05) is 31.8 Å². The number of carbonyl (C=O) groups is 3. The first kappa shape index (κ1) is 23.5. The minimum atomic E-state index is -0.916. The number of aromatic hydroxyl groups is 1. The summed E-state index contributed by atoms with van der Waals surface area (Å²) in [6.07, 6.45) is 4.23. The van der Waals surface area contributed by atoms with E-state index in [4.69, 9.17) is 10.5 Å². The third-order valence-corrected chi connectivity index (χ3v) is 5.67. The molecule has 12 heteroatoms. The molecular weight excluding hydrogens is 444 g/mol. The molecule has 0 aromatic carbocycles. The number of fused-ring (bicyclic) bond motifs is 1. The van der Waals surface area contributed by atoms with Crippen molar-refractivity contribution in [3.8, 4) is 5.88 Å². The lowest BCUT2D eigenvalue weighted by Crippen LogP contribution is -2.39. The highest BCUT2D eigenvalue weighted by atomic mass is 16.5. The number of rotatable bonds is 7. The fourth-order valence-corrected chi connectivity index (χ4v) is 3.86. The zero-order valence-electron chi connectivity index (χ0n) is 19.1. The molecule has 4 N–H and O–H groups in total. The number of amides is 3. The largest absolute Gasteiger partial charge is 0.494 e. The summed E-state index contributed by atoms with van der Waals surface area (Å²) >= 11 is 0. The second-order valence-corrected chi connectivity index (χ2v) is 8.89. The molecule has 0 unspecified atom stereocenters. The molecule has 2 aromatic rings. The number of carbonyl (C=O) groups excluding carboxylic acids is 3. The number of nitrogens with zero attached hydrogens (tertiary/aromatic N) is 4. The van der Waals surface area contributed by atoms with Crippen molar-refractivity contribution in [2.24, 2.45) is 11.7 Å². The highest BCUT2D eigenvalue weighted by Gasteiger charge is 2.31. The molecule has 3 amide bonds. The van der Waals surface area contributed by atoms with Crippen molar-refractivity contribution in [3.05, 3.63) is 33.3 Å². The SMILES string of the molecule is CC(C)Cn1c(O)c(C(=O)NC2CC2)c(=O)n2nc(C(N)=O)c(/C=C/C(=O)N3CCOCC3)c12. The molecule has 3 heterocycles. The molecule has 1 aliphatic carbocycles. The Kier molecular flexibility index (Phi) is 6.42. The number of ether oxygens (including phenoxy) is 1. The summed E-state index contributed by atoms with van der Waals surface area (Å²) in [4.78, 5) is 52.4. The molecule has 34 heavy (non-hydrogen) atoms. The van der Waals surface area contributed by atoms with Gasteiger partial charge in [0.1, 0.15) is 0 Å². The smallest absolute Gasteiger partial charge is 0.291 e. The first-order valence-corrected chi connectivity index (χ1v) is 11.2. The Morgan fingerprint density at radius 2 is 1.94 bits per heavy atom. The molecule has 0 atom stereocenters. The number of nitrogens with two attached hydrogens (primary N) is 1. The van der Waals surface area contributed by atoms with Crippen LogP contribution in [0.3, 0.4) is 0 Å². The summed E-state index contributed by atoms with van der Waals surface area (Å²) < 4.78 is 7.50. The average molecular weight is 473 g/mol. The predicted octanol–water partition coefficient (Wildman–Crippen LogP) is -0.279. The maximum atomic E-state index is 13.2. The Morgan fingerprint density at radius 1 is 1.26 bits per heavy atom. The Morgan fingerprint density at radius 3 is 2.53 bits per heavy atom. The molecule has 12 nitrogen and oxygen atoms in total. The summed E-state index contributed by atoms with van der Waals surface area (Å²) in [5, 5.41) is 17.8. The maximum Gasteiger partial charge on any atom is 0.291 e. The highest BCUT2D eigenvalue weighted by molar-refractivity contribution is 6.01. The Balaban J connectivity index is 1.88. The normalized spacial score (nSPS) is 16.5. The first-order valence-electron chi connectivity index (χ1n) is 11.2. The minimum absolute atomic E-state index is 0.00437. The Labute approximate surface area is 195 Å². The van der Waals surface area contributed by atoms with Crippen LogP contribution in [0.4, 0.5) is 0 Å². The fraction of sp³-hybridized carbons (Fsp3) is 0.500. The summed E-state index contributed by atoms with van der Waals surface area (Å²) in [6, 6.07) is -0.0379. The van der Waals surface area contributed by atoms with Gasteiger partial charge < -0.3 is 25.8 Å². The molecule has 1 aliphatic heterocycles. The van der Waals surface area contributed by atoms with Gasteiger partial charge in [-0.15, -0.1) is 0 Å². The van der Waals surface area contributed by atoms with Gasteiger partial charge in [-0.25, -0.2) is 0 Å². The van der Waals surface area contributed by atoms with Crippen LogP contribution in [0.5, 0.6) is 5.88 Å². The third kappa shape index (κ3) is 4.53. The second kappa shape index (κ2) is 9.29. The molecule has 2 fully saturated rings. The first-order chi connectivity index (χ1) is 16.2. The van der Waals surface area contributed by atoms with E-state index in [1.807, 2.05) is 13.8 Å². The maximum absolute atomic E-state index is 13.2. The summed E-state index contributed by atoms with van der Waals surface area (Å²) in [5.74, 6) is -2.47. The monoisotopic (exact) mass is 472 g/mol. The molecule has 0 spiro atoms. The third-order valence-electron chi connectivity index (χ3n) is 5.67. The van der Waals surface area contributed by atoms with Crippen molar-refractivity contribution < 1.29 is 24.2 Å². The Hall–Kier alpha value is -3.67. The zero-order chi connectivity index (χ0) is 24.6. The van der Waals surface area contributed by atoms with E-state index in [-0.39, 0.29) is 41.3 Å². The van der Waals surface area contributed by atoms with E-state index in [0.717, 1.165) is 17.4 Å². The molecule has 2 aliphatic rings. The summed E-state index contributed by atoms with van der Waals surface area (Å²) in [5.41, 5.74) is 4.11. The number of hydrogen-bond donors (Lipinski definition) is 3. The standard InChI is InChI=1S/C22H28N6O6/c1-12(2)11-27-20-14(5-6-15(29)26-7-9-34-10-8-26)17(18(23)30)25-28(20)22(33)16(21(27)32)19(31)24-13-3-4-13/h5-6,12-13,32H,3-4,7-11H2,1-2H3,(H2,23,30)(H,24,31)/b6-5+. The van der Waals surface area contributed by atoms with Crippen LogP contribution in [0.1, 0.15) is 53.1 Å². The van der Waals surface area contributed by atoms with E-state index in [9.17, 15) is 24.3 Å². The Bertz CT molecular complexity index is 1230. The van der Waals surface area contributed by atoms with Crippen molar-refractivity contribution in [2.45, 2.75) is 39.3 Å². The van der Waals surface area contributed by atoms with Gasteiger partial charge in [0.15, 0.2) is 16.9 Å². The molecule has 2 aromatic heterocycles. The molecule has 1 saturated carbocycles. The van der Waals surface area contributed by atoms with Crippen molar-refractivity contribution in [1.29, 1.82) is 0 Å². The molecular formula is C22H28N6O6. The lowest BCUT2D eigenvalue weighted by molar-refractivity contribution is -0.129. The summed E-state index contributed by atoms with van der Waals surface area (Å²) in [6.45, 7) is 5.70.